The Morgan fingerprint density at radius 2 is 1.00 bits per heavy atom. The molecule has 0 saturated carbocycles. The van der Waals surface area contributed by atoms with E-state index in [2.05, 4.69) is 28.6 Å². The summed E-state index contributed by atoms with van der Waals surface area (Å²) in [6.45, 7) is -0.171. The number of unbranched alkanes of at least 4 members (excludes halogenated alkanes) is 13. The largest absolute Gasteiger partial charge is 0.483 e. The number of hydrogen-bond acceptors (Lipinski definition) is 8. The number of aliphatic carboxylic acids is 2. The molecule has 46 heavy (non-hydrogen) atoms. The number of carboxylic acid groups (broad SMARTS) is 3. The molecule has 0 heterocycles. The van der Waals surface area contributed by atoms with Gasteiger partial charge in [-0.05, 0) is 25.7 Å². The maximum atomic E-state index is 12.1. The Balaban J connectivity index is -0.00000347. The summed E-state index contributed by atoms with van der Waals surface area (Å²) in [5, 5.41) is 38.7. The van der Waals surface area contributed by atoms with Crippen LogP contribution in [0.2, 0.25) is 0 Å². The first kappa shape index (κ1) is 47.2. The Bertz CT molecular complexity index is 845. The van der Waals surface area contributed by atoms with Crippen LogP contribution in [-0.4, -0.2) is 87.9 Å². The van der Waals surface area contributed by atoms with E-state index in [1.165, 1.54) is 51.4 Å². The van der Waals surface area contributed by atoms with Crippen molar-refractivity contribution in [2.24, 2.45) is 0 Å². The number of carboxylic acids is 2. The van der Waals surface area contributed by atoms with Crippen molar-refractivity contribution in [2.75, 3.05) is 20.2 Å². The molecule has 0 aliphatic heterocycles. The molecule has 0 aromatic heterocycles. The van der Waals surface area contributed by atoms with E-state index in [0.717, 1.165) is 45.6 Å². The van der Waals surface area contributed by atoms with Gasteiger partial charge in [-0.3, -0.25) is 28.8 Å². The molecule has 15 heteroatoms. The van der Waals surface area contributed by atoms with E-state index < -0.39 is 34.9 Å². The average Bonchev–Trinajstić information content (AvgIpc) is 3.01. The van der Waals surface area contributed by atoms with E-state index in [9.17, 15) is 33.9 Å². The third-order valence-electron chi connectivity index (χ3n) is 6.68. The second kappa shape index (κ2) is 36.3. The lowest BCUT2D eigenvalue weighted by Crippen LogP contribution is -2.42. The molecular weight excluding hydrogens is 622 g/mol. The van der Waals surface area contributed by atoms with E-state index in [-0.39, 0.29) is 44.6 Å². The minimum atomic E-state index is -1.25. The van der Waals surface area contributed by atoms with Gasteiger partial charge in [-0.25, -0.2) is 4.79 Å². The van der Waals surface area contributed by atoms with Crippen molar-refractivity contribution in [3.05, 3.63) is 0 Å². The Morgan fingerprint density at radius 3 is 1.41 bits per heavy atom. The summed E-state index contributed by atoms with van der Waals surface area (Å²) in [5.41, 5.74) is 0. The SMILES string of the molecule is CO.O=C(O)CCCCCCCCCCCCCCCCC(=O)NCCCC(=O)NC(CCC(=O)NCC(=O)S)C(=O)O.O=CO. The normalized spacial score (nSPS) is 10.6. The highest BCUT2D eigenvalue weighted by molar-refractivity contribution is 7.96. The van der Waals surface area contributed by atoms with E-state index in [1.54, 1.807) is 0 Å². The van der Waals surface area contributed by atoms with Crippen molar-refractivity contribution < 1.29 is 54.0 Å². The van der Waals surface area contributed by atoms with Gasteiger partial charge in [0.25, 0.3) is 6.47 Å². The molecule has 0 bridgehead atoms. The average molecular weight is 680 g/mol. The number of nitrogens with one attached hydrogen (secondary N) is 3. The molecule has 1 unspecified atom stereocenters. The summed E-state index contributed by atoms with van der Waals surface area (Å²) in [6, 6.07) is -1.21. The topological polar surface area (TPSA) is 236 Å². The van der Waals surface area contributed by atoms with Crippen LogP contribution in [0.25, 0.3) is 0 Å². The van der Waals surface area contributed by atoms with Crippen LogP contribution in [0.15, 0.2) is 0 Å². The molecule has 0 aliphatic rings. The van der Waals surface area contributed by atoms with Crippen LogP contribution < -0.4 is 16.0 Å². The van der Waals surface area contributed by atoms with Crippen LogP contribution in [0.3, 0.4) is 0 Å². The predicted octanol–water partition coefficient (Wildman–Crippen LogP) is 3.44. The molecule has 0 fully saturated rings. The van der Waals surface area contributed by atoms with E-state index >= 15 is 0 Å². The molecule has 268 valence electrons. The first-order valence-electron chi connectivity index (χ1n) is 16.0. The third-order valence-corrected chi connectivity index (χ3v) is 6.84. The Labute approximate surface area is 278 Å². The molecule has 3 amide bonds. The first-order valence-corrected chi connectivity index (χ1v) is 16.5. The summed E-state index contributed by atoms with van der Waals surface area (Å²) in [5.74, 6) is -2.98. The fourth-order valence-corrected chi connectivity index (χ4v) is 4.39. The predicted molar refractivity (Wildman–Crippen MR) is 176 cm³/mol. The number of carbonyl (C=O) groups is 7. The fourth-order valence-electron chi connectivity index (χ4n) is 4.31. The van der Waals surface area contributed by atoms with Gasteiger partial charge in [0.15, 0.2) is 0 Å². The monoisotopic (exact) mass is 679 g/mol. The molecule has 0 saturated heterocycles. The van der Waals surface area contributed by atoms with Crippen LogP contribution in [0.1, 0.15) is 128 Å². The molecular formula is C31H57N3O11S. The first-order chi connectivity index (χ1) is 22.0. The van der Waals surface area contributed by atoms with Gasteiger partial charge in [0.05, 0.1) is 6.54 Å². The molecule has 0 aromatic carbocycles. The maximum Gasteiger partial charge on any atom is 0.326 e. The summed E-state index contributed by atoms with van der Waals surface area (Å²) in [6.07, 6.45) is 16.6. The summed E-state index contributed by atoms with van der Waals surface area (Å²) in [7, 11) is 1.00. The molecule has 7 N–H and O–H groups in total. The van der Waals surface area contributed by atoms with Crippen LogP contribution in [0.5, 0.6) is 0 Å². The Kier molecular flexibility index (Phi) is 37.2. The fraction of sp³-hybridized carbons (Fsp3) is 0.774. The zero-order valence-corrected chi connectivity index (χ0v) is 28.2. The summed E-state index contributed by atoms with van der Waals surface area (Å²) in [4.78, 5) is 76.6. The van der Waals surface area contributed by atoms with Crippen molar-refractivity contribution in [1.29, 1.82) is 0 Å². The summed E-state index contributed by atoms with van der Waals surface area (Å²) < 4.78 is 0. The zero-order valence-electron chi connectivity index (χ0n) is 27.3. The lowest BCUT2D eigenvalue weighted by molar-refractivity contribution is -0.142. The maximum absolute atomic E-state index is 12.1. The smallest absolute Gasteiger partial charge is 0.326 e. The highest BCUT2D eigenvalue weighted by Crippen LogP contribution is 2.13. The van der Waals surface area contributed by atoms with Crippen molar-refractivity contribution in [2.45, 2.75) is 134 Å². The number of rotatable bonds is 28. The highest BCUT2D eigenvalue weighted by Gasteiger charge is 2.21. The van der Waals surface area contributed by atoms with Crippen molar-refractivity contribution in [3.8, 4) is 0 Å². The number of hydrogen-bond donors (Lipinski definition) is 8. The standard InChI is InChI=1S/C29H51N3O8S.CH2O2.CH4O/c33-24(16-13-11-9-7-5-3-1-2-4-6-8-10-12-14-18-27(36)37)30-21-15-17-26(35)32-23(29(39)40)19-20-25(34)31-22-28(38)41;2-1-3;1-2/h23H,1-22H2,(H,30,33)(H,31,34)(H,32,35)(H,36,37)(H,38,41)(H,39,40);1H,(H,2,3);2H,1H3. The lowest BCUT2D eigenvalue weighted by Gasteiger charge is -2.14. The second-order valence-corrected chi connectivity index (χ2v) is 11.1. The molecule has 0 rings (SSSR count). The van der Waals surface area contributed by atoms with Gasteiger partial charge in [0, 0.05) is 39.3 Å². The quantitative estimate of drug-likeness (QED) is 0.0339. The van der Waals surface area contributed by atoms with Crippen LogP contribution >= 0.6 is 12.6 Å². The van der Waals surface area contributed by atoms with Crippen molar-refractivity contribution in [3.63, 3.8) is 0 Å². The van der Waals surface area contributed by atoms with Gasteiger partial charge >= 0.3 is 11.9 Å². The van der Waals surface area contributed by atoms with Gasteiger partial charge < -0.3 is 36.4 Å². The van der Waals surface area contributed by atoms with Gasteiger partial charge in [0.2, 0.25) is 22.8 Å². The van der Waals surface area contributed by atoms with E-state index in [4.69, 9.17) is 20.1 Å². The van der Waals surface area contributed by atoms with Crippen LogP contribution in [0.4, 0.5) is 0 Å². The Morgan fingerprint density at radius 1 is 0.609 bits per heavy atom. The molecule has 0 aromatic rings. The van der Waals surface area contributed by atoms with Gasteiger partial charge in [-0.1, -0.05) is 77.0 Å². The number of amides is 3. The van der Waals surface area contributed by atoms with E-state index in [0.29, 0.717) is 19.4 Å². The van der Waals surface area contributed by atoms with Crippen molar-refractivity contribution >= 4 is 53.9 Å². The van der Waals surface area contributed by atoms with Gasteiger partial charge in [-0.2, -0.15) is 0 Å². The third kappa shape index (κ3) is 38.8. The van der Waals surface area contributed by atoms with Crippen LogP contribution in [0, 0.1) is 0 Å². The van der Waals surface area contributed by atoms with Gasteiger partial charge in [0.1, 0.15) is 6.04 Å². The highest BCUT2D eigenvalue weighted by atomic mass is 32.1. The number of aliphatic hydroxyl groups is 1. The van der Waals surface area contributed by atoms with E-state index in [1.807, 2.05) is 0 Å². The molecule has 1 atom stereocenters. The number of carbonyl (C=O) groups excluding carboxylic acids is 4. The minimum absolute atomic E-state index is 0.0542. The number of thiol groups is 1. The second-order valence-electron chi connectivity index (χ2n) is 10.6. The molecule has 14 nitrogen and oxygen atoms in total. The molecule has 0 radical (unpaired) electrons. The zero-order chi connectivity index (χ0) is 35.4. The molecule has 0 aliphatic carbocycles. The van der Waals surface area contributed by atoms with Crippen molar-refractivity contribution in [1.82, 2.24) is 16.0 Å². The lowest BCUT2D eigenvalue weighted by atomic mass is 10.0. The van der Waals surface area contributed by atoms with Gasteiger partial charge in [-0.15, -0.1) is 12.6 Å². The number of aliphatic hydroxyl groups excluding tert-OH is 1. The summed E-state index contributed by atoms with van der Waals surface area (Å²) >= 11 is 3.53. The van der Waals surface area contributed by atoms with Crippen LogP contribution in [-0.2, 0) is 33.6 Å². The Hall–Kier alpha value is -3.20. The molecule has 0 spiro atoms. The minimum Gasteiger partial charge on any atom is -0.483 e.